The molecule has 1 aliphatic rings. The van der Waals surface area contributed by atoms with Crippen LogP contribution in [0.15, 0.2) is 23.2 Å². The van der Waals surface area contributed by atoms with E-state index in [1.54, 1.807) is 16.4 Å². The van der Waals surface area contributed by atoms with Gasteiger partial charge in [0.15, 0.2) is 0 Å². The van der Waals surface area contributed by atoms with Crippen LogP contribution in [-0.2, 0) is 16.6 Å². The third kappa shape index (κ3) is 3.19. The normalized spacial score (nSPS) is 17.6. The van der Waals surface area contributed by atoms with Gasteiger partial charge in [-0.15, -0.1) is 0 Å². The van der Waals surface area contributed by atoms with Gasteiger partial charge in [-0.05, 0) is 25.0 Å². The van der Waals surface area contributed by atoms with E-state index in [1.807, 2.05) is 6.92 Å². The molecule has 1 aliphatic carbocycles. The zero-order valence-corrected chi connectivity index (χ0v) is 12.8. The molecule has 0 amide bonds. The van der Waals surface area contributed by atoms with E-state index in [0.717, 1.165) is 25.7 Å². The molecule has 1 aromatic heterocycles. The topological polar surface area (TPSA) is 76.3 Å². The molecular weight excluding hydrogens is 274 g/mol. The van der Waals surface area contributed by atoms with E-state index < -0.39 is 10.0 Å². The summed E-state index contributed by atoms with van der Waals surface area (Å²) in [5.41, 5.74) is 6.19. The summed E-state index contributed by atoms with van der Waals surface area (Å²) in [6, 6.07) is 3.42. The maximum Gasteiger partial charge on any atom is 0.244 e. The van der Waals surface area contributed by atoms with Crippen LogP contribution in [-0.4, -0.2) is 30.3 Å². The molecule has 0 spiro atoms. The molecule has 0 aliphatic heterocycles. The molecule has 20 heavy (non-hydrogen) atoms. The van der Waals surface area contributed by atoms with Gasteiger partial charge in [-0.3, -0.25) is 4.98 Å². The quantitative estimate of drug-likeness (QED) is 0.900. The number of rotatable bonds is 5. The Morgan fingerprint density at radius 3 is 2.50 bits per heavy atom. The molecule has 1 saturated carbocycles. The average Bonchev–Trinajstić information content (AvgIpc) is 2.49. The number of pyridine rings is 1. The van der Waals surface area contributed by atoms with Crippen LogP contribution in [0, 0.1) is 0 Å². The number of hydrogen-bond donors (Lipinski definition) is 1. The van der Waals surface area contributed by atoms with E-state index in [0.29, 0.717) is 18.8 Å². The number of aromatic nitrogens is 1. The first kappa shape index (κ1) is 15.4. The summed E-state index contributed by atoms with van der Waals surface area (Å²) in [6.45, 7) is 2.72. The minimum atomic E-state index is -3.45. The molecule has 6 heteroatoms. The monoisotopic (exact) mass is 297 g/mol. The average molecular weight is 297 g/mol. The highest BCUT2D eigenvalue weighted by atomic mass is 32.2. The molecular formula is C14H23N3O2S. The van der Waals surface area contributed by atoms with Crippen molar-refractivity contribution in [2.75, 3.05) is 6.54 Å². The summed E-state index contributed by atoms with van der Waals surface area (Å²) in [7, 11) is -3.45. The summed E-state index contributed by atoms with van der Waals surface area (Å²) in [5, 5.41) is 0. The second-order valence-electron chi connectivity index (χ2n) is 5.19. The van der Waals surface area contributed by atoms with E-state index in [2.05, 4.69) is 4.98 Å². The maximum atomic E-state index is 12.7. The van der Waals surface area contributed by atoms with Crippen LogP contribution in [0.5, 0.6) is 0 Å². The van der Waals surface area contributed by atoms with Crippen molar-refractivity contribution in [2.24, 2.45) is 5.73 Å². The highest BCUT2D eigenvalue weighted by Crippen LogP contribution is 2.27. The Labute approximate surface area is 121 Å². The lowest BCUT2D eigenvalue weighted by Gasteiger charge is -2.32. The highest BCUT2D eigenvalue weighted by molar-refractivity contribution is 7.89. The van der Waals surface area contributed by atoms with Crippen LogP contribution in [0.1, 0.15) is 44.7 Å². The molecule has 2 rings (SSSR count). The molecule has 5 nitrogen and oxygen atoms in total. The lowest BCUT2D eigenvalue weighted by atomic mass is 9.95. The summed E-state index contributed by atoms with van der Waals surface area (Å²) >= 11 is 0. The van der Waals surface area contributed by atoms with Crippen molar-refractivity contribution >= 4 is 10.0 Å². The Kier molecular flexibility index (Phi) is 5.12. The van der Waals surface area contributed by atoms with E-state index in [9.17, 15) is 8.42 Å². The molecule has 2 N–H and O–H groups in total. The van der Waals surface area contributed by atoms with Gasteiger partial charge >= 0.3 is 0 Å². The van der Waals surface area contributed by atoms with E-state index in [-0.39, 0.29) is 10.9 Å². The smallest absolute Gasteiger partial charge is 0.244 e. The van der Waals surface area contributed by atoms with Crippen LogP contribution < -0.4 is 5.73 Å². The third-order valence-corrected chi connectivity index (χ3v) is 5.92. The first-order chi connectivity index (χ1) is 9.59. The van der Waals surface area contributed by atoms with Gasteiger partial charge < -0.3 is 5.73 Å². The molecule has 1 aromatic rings. The predicted octanol–water partition coefficient (Wildman–Crippen LogP) is 1.88. The molecule has 0 atom stereocenters. The molecule has 0 bridgehead atoms. The van der Waals surface area contributed by atoms with Crippen molar-refractivity contribution in [3.63, 3.8) is 0 Å². The molecule has 1 fully saturated rings. The largest absolute Gasteiger partial charge is 0.325 e. The van der Waals surface area contributed by atoms with Gasteiger partial charge in [0, 0.05) is 25.3 Å². The van der Waals surface area contributed by atoms with Gasteiger partial charge in [0.2, 0.25) is 10.0 Å². The third-order valence-electron chi connectivity index (χ3n) is 3.91. The fourth-order valence-corrected chi connectivity index (χ4v) is 4.45. The van der Waals surface area contributed by atoms with Gasteiger partial charge in [-0.25, -0.2) is 8.42 Å². The standard InChI is InChI=1S/C14H23N3O2S/c1-2-17(13-6-4-3-5-7-13)20(18,19)14-9-8-12(10-15)16-11-14/h8-9,11,13H,2-7,10,15H2,1H3. The SMILES string of the molecule is CCN(C1CCCCC1)S(=O)(=O)c1ccc(CN)nc1. The summed E-state index contributed by atoms with van der Waals surface area (Å²) in [5.74, 6) is 0. The fraction of sp³-hybridized carbons (Fsp3) is 0.643. The first-order valence-electron chi connectivity index (χ1n) is 7.26. The molecule has 0 saturated heterocycles. The Morgan fingerprint density at radius 1 is 1.30 bits per heavy atom. The highest BCUT2D eigenvalue weighted by Gasteiger charge is 2.31. The van der Waals surface area contributed by atoms with Crippen molar-refractivity contribution in [1.82, 2.24) is 9.29 Å². The number of nitrogens with two attached hydrogens (primary N) is 1. The lowest BCUT2D eigenvalue weighted by Crippen LogP contribution is -2.41. The Bertz CT molecular complexity index is 522. The Balaban J connectivity index is 2.25. The fourth-order valence-electron chi connectivity index (χ4n) is 2.81. The number of sulfonamides is 1. The van der Waals surface area contributed by atoms with Gasteiger partial charge in [0.05, 0.1) is 5.69 Å². The molecule has 0 radical (unpaired) electrons. The molecule has 112 valence electrons. The maximum absolute atomic E-state index is 12.7. The van der Waals surface area contributed by atoms with Crippen molar-refractivity contribution < 1.29 is 8.42 Å². The van der Waals surface area contributed by atoms with Gasteiger partial charge in [-0.1, -0.05) is 26.2 Å². The molecule has 0 aromatic carbocycles. The summed E-state index contributed by atoms with van der Waals surface area (Å²) in [6.07, 6.45) is 6.77. The van der Waals surface area contributed by atoms with E-state index in [4.69, 9.17) is 5.73 Å². The summed E-state index contributed by atoms with van der Waals surface area (Å²) < 4.78 is 27.1. The van der Waals surface area contributed by atoms with Crippen molar-refractivity contribution in [3.05, 3.63) is 24.0 Å². The first-order valence-corrected chi connectivity index (χ1v) is 8.70. The number of nitrogens with zero attached hydrogens (tertiary/aromatic N) is 2. The predicted molar refractivity (Wildman–Crippen MR) is 78.6 cm³/mol. The minimum absolute atomic E-state index is 0.132. The van der Waals surface area contributed by atoms with Crippen molar-refractivity contribution in [3.8, 4) is 0 Å². The Hall–Kier alpha value is -0.980. The zero-order chi connectivity index (χ0) is 14.6. The second kappa shape index (κ2) is 6.65. The van der Waals surface area contributed by atoms with E-state index >= 15 is 0 Å². The lowest BCUT2D eigenvalue weighted by molar-refractivity contribution is 0.261. The number of hydrogen-bond acceptors (Lipinski definition) is 4. The molecule has 1 heterocycles. The minimum Gasteiger partial charge on any atom is -0.325 e. The summed E-state index contributed by atoms with van der Waals surface area (Å²) in [4.78, 5) is 4.36. The van der Waals surface area contributed by atoms with Crippen LogP contribution >= 0.6 is 0 Å². The van der Waals surface area contributed by atoms with Gasteiger partial charge in [0.25, 0.3) is 0 Å². The van der Waals surface area contributed by atoms with Gasteiger partial charge in [-0.2, -0.15) is 4.31 Å². The Morgan fingerprint density at radius 2 is 2.00 bits per heavy atom. The van der Waals surface area contributed by atoms with E-state index in [1.165, 1.54) is 12.6 Å². The van der Waals surface area contributed by atoms with Gasteiger partial charge in [0.1, 0.15) is 4.90 Å². The molecule has 0 unspecified atom stereocenters. The second-order valence-corrected chi connectivity index (χ2v) is 7.08. The zero-order valence-electron chi connectivity index (χ0n) is 12.0. The van der Waals surface area contributed by atoms with Crippen molar-refractivity contribution in [1.29, 1.82) is 0 Å². The van der Waals surface area contributed by atoms with Crippen LogP contribution in [0.2, 0.25) is 0 Å². The van der Waals surface area contributed by atoms with Crippen LogP contribution in [0.3, 0.4) is 0 Å². The van der Waals surface area contributed by atoms with Crippen molar-refractivity contribution in [2.45, 2.75) is 56.5 Å². The van der Waals surface area contributed by atoms with Crippen LogP contribution in [0.4, 0.5) is 0 Å². The van der Waals surface area contributed by atoms with Crippen LogP contribution in [0.25, 0.3) is 0 Å².